The molecule has 2 rings (SSSR count). The zero-order valence-corrected chi connectivity index (χ0v) is 14.9. The molecule has 0 saturated heterocycles. The first kappa shape index (κ1) is 19.0. The van der Waals surface area contributed by atoms with Crippen molar-refractivity contribution in [1.29, 1.82) is 0 Å². The maximum Gasteiger partial charge on any atom is 0.321 e. The average Bonchev–Trinajstić information content (AvgIpc) is 2.60. The average molecular weight is 361 g/mol. The molecule has 6 heteroatoms. The maximum atomic E-state index is 11.6. The van der Waals surface area contributed by atoms with Crippen LogP contribution < -0.4 is 10.6 Å². The standard InChI is InChI=1S/C19H21ClN2O3/c1-12(18(23)21-2)22-17(19(24)25)10-13-6-8-14(9-7-13)15-4-3-5-16(20)11-15/h3-9,11-12,17,22H,10H2,1-2H3,(H,21,23)(H,24,25)/t12-,17-/m0/s1. The number of hydrogen-bond donors (Lipinski definition) is 3. The Kier molecular flexibility index (Phi) is 6.56. The van der Waals surface area contributed by atoms with Crippen LogP contribution in [0.25, 0.3) is 11.1 Å². The molecule has 1 amide bonds. The normalized spacial score (nSPS) is 13.1. The smallest absolute Gasteiger partial charge is 0.321 e. The summed E-state index contributed by atoms with van der Waals surface area (Å²) in [6, 6.07) is 13.8. The summed E-state index contributed by atoms with van der Waals surface area (Å²) >= 11 is 6.01. The van der Waals surface area contributed by atoms with Gasteiger partial charge >= 0.3 is 5.97 Å². The Hall–Kier alpha value is -2.37. The molecule has 0 bridgehead atoms. The summed E-state index contributed by atoms with van der Waals surface area (Å²) in [5.41, 5.74) is 2.87. The first-order valence-corrected chi connectivity index (χ1v) is 8.34. The van der Waals surface area contributed by atoms with Gasteiger partial charge in [0, 0.05) is 12.1 Å². The number of nitrogens with one attached hydrogen (secondary N) is 2. The summed E-state index contributed by atoms with van der Waals surface area (Å²) in [5.74, 6) is -1.24. The van der Waals surface area contributed by atoms with Crippen LogP contribution in [0.4, 0.5) is 0 Å². The van der Waals surface area contributed by atoms with Crippen molar-refractivity contribution in [3.63, 3.8) is 0 Å². The van der Waals surface area contributed by atoms with Gasteiger partial charge in [-0.05, 0) is 42.2 Å². The third-order valence-electron chi connectivity index (χ3n) is 3.94. The number of amides is 1. The van der Waals surface area contributed by atoms with E-state index in [0.717, 1.165) is 16.7 Å². The number of carbonyl (C=O) groups excluding carboxylic acids is 1. The van der Waals surface area contributed by atoms with Gasteiger partial charge in [0.05, 0.1) is 6.04 Å². The van der Waals surface area contributed by atoms with E-state index in [1.54, 1.807) is 6.92 Å². The van der Waals surface area contributed by atoms with Crippen molar-refractivity contribution < 1.29 is 14.7 Å². The molecule has 25 heavy (non-hydrogen) atoms. The molecule has 0 aliphatic rings. The number of benzene rings is 2. The quantitative estimate of drug-likeness (QED) is 0.709. The molecule has 132 valence electrons. The van der Waals surface area contributed by atoms with Crippen molar-refractivity contribution in [2.45, 2.75) is 25.4 Å². The molecule has 0 unspecified atom stereocenters. The minimum absolute atomic E-state index is 0.248. The van der Waals surface area contributed by atoms with Gasteiger partial charge in [0.2, 0.25) is 5.91 Å². The molecule has 0 radical (unpaired) electrons. The zero-order valence-electron chi connectivity index (χ0n) is 14.1. The Morgan fingerprint density at radius 2 is 1.80 bits per heavy atom. The molecular formula is C19H21ClN2O3. The van der Waals surface area contributed by atoms with E-state index in [1.807, 2.05) is 48.5 Å². The topological polar surface area (TPSA) is 78.4 Å². The molecule has 2 aromatic carbocycles. The minimum Gasteiger partial charge on any atom is -0.480 e. The molecule has 2 atom stereocenters. The van der Waals surface area contributed by atoms with E-state index in [4.69, 9.17) is 11.6 Å². The molecule has 0 saturated carbocycles. The van der Waals surface area contributed by atoms with Crippen molar-refractivity contribution in [3.8, 4) is 11.1 Å². The van der Waals surface area contributed by atoms with Crippen molar-refractivity contribution in [1.82, 2.24) is 10.6 Å². The molecule has 0 aliphatic carbocycles. The number of carboxylic acids is 1. The van der Waals surface area contributed by atoms with Gasteiger partial charge < -0.3 is 10.4 Å². The molecule has 0 aromatic heterocycles. The van der Waals surface area contributed by atoms with Crippen LogP contribution in [0, 0.1) is 0 Å². The first-order valence-electron chi connectivity index (χ1n) is 7.96. The van der Waals surface area contributed by atoms with Gasteiger partial charge in [0.15, 0.2) is 0 Å². The summed E-state index contributed by atoms with van der Waals surface area (Å²) in [6.45, 7) is 1.64. The van der Waals surface area contributed by atoms with Crippen LogP contribution in [0.1, 0.15) is 12.5 Å². The monoisotopic (exact) mass is 360 g/mol. The molecule has 0 heterocycles. The van der Waals surface area contributed by atoms with Crippen LogP contribution in [0.5, 0.6) is 0 Å². The van der Waals surface area contributed by atoms with Crippen molar-refractivity contribution in [2.24, 2.45) is 0 Å². The van der Waals surface area contributed by atoms with Gasteiger partial charge in [0.25, 0.3) is 0 Å². The fourth-order valence-corrected chi connectivity index (χ4v) is 2.74. The highest BCUT2D eigenvalue weighted by Crippen LogP contribution is 2.23. The van der Waals surface area contributed by atoms with E-state index in [0.29, 0.717) is 5.02 Å². The Morgan fingerprint density at radius 3 is 2.36 bits per heavy atom. The van der Waals surface area contributed by atoms with Crippen LogP contribution in [-0.2, 0) is 16.0 Å². The van der Waals surface area contributed by atoms with E-state index >= 15 is 0 Å². The van der Waals surface area contributed by atoms with E-state index in [9.17, 15) is 14.7 Å². The van der Waals surface area contributed by atoms with Crippen LogP contribution in [-0.4, -0.2) is 36.1 Å². The summed E-state index contributed by atoms with van der Waals surface area (Å²) in [4.78, 5) is 23.0. The van der Waals surface area contributed by atoms with E-state index in [2.05, 4.69) is 10.6 Å². The predicted octanol–water partition coefficient (Wildman–Crippen LogP) is 2.73. The lowest BCUT2D eigenvalue weighted by Gasteiger charge is -2.19. The van der Waals surface area contributed by atoms with Crippen molar-refractivity contribution >= 4 is 23.5 Å². The highest BCUT2D eigenvalue weighted by atomic mass is 35.5. The number of rotatable bonds is 7. The summed E-state index contributed by atoms with van der Waals surface area (Å²) < 4.78 is 0. The number of aliphatic carboxylic acids is 1. The highest BCUT2D eigenvalue weighted by Gasteiger charge is 2.22. The lowest BCUT2D eigenvalue weighted by atomic mass is 10.0. The number of hydrogen-bond acceptors (Lipinski definition) is 3. The molecule has 3 N–H and O–H groups in total. The van der Waals surface area contributed by atoms with E-state index in [-0.39, 0.29) is 12.3 Å². The zero-order chi connectivity index (χ0) is 18.4. The van der Waals surface area contributed by atoms with Crippen molar-refractivity contribution in [2.75, 3.05) is 7.05 Å². The van der Waals surface area contributed by atoms with Crippen LogP contribution >= 0.6 is 11.6 Å². The lowest BCUT2D eigenvalue weighted by Crippen LogP contribution is -2.49. The minimum atomic E-state index is -0.991. The number of likely N-dealkylation sites (N-methyl/N-ethyl adjacent to an activating group) is 1. The second-order valence-corrected chi connectivity index (χ2v) is 6.24. The molecule has 0 spiro atoms. The Bertz CT molecular complexity index is 747. The Labute approximate surface area is 152 Å². The fraction of sp³-hybridized carbons (Fsp3) is 0.263. The summed E-state index contributed by atoms with van der Waals surface area (Å²) in [7, 11) is 1.52. The van der Waals surface area contributed by atoms with Gasteiger partial charge in [-0.1, -0.05) is 48.0 Å². The second-order valence-electron chi connectivity index (χ2n) is 5.80. The van der Waals surface area contributed by atoms with Gasteiger partial charge in [-0.25, -0.2) is 0 Å². The highest BCUT2D eigenvalue weighted by molar-refractivity contribution is 6.30. The van der Waals surface area contributed by atoms with Crippen LogP contribution in [0.3, 0.4) is 0 Å². The predicted molar refractivity (Wildman–Crippen MR) is 98.7 cm³/mol. The van der Waals surface area contributed by atoms with Gasteiger partial charge in [-0.3, -0.25) is 14.9 Å². The van der Waals surface area contributed by atoms with E-state index in [1.165, 1.54) is 7.05 Å². The molecule has 0 fully saturated rings. The maximum absolute atomic E-state index is 11.6. The Morgan fingerprint density at radius 1 is 1.12 bits per heavy atom. The van der Waals surface area contributed by atoms with Gasteiger partial charge in [0.1, 0.15) is 6.04 Å². The van der Waals surface area contributed by atoms with Gasteiger partial charge in [-0.2, -0.15) is 0 Å². The number of carbonyl (C=O) groups is 2. The molecule has 5 nitrogen and oxygen atoms in total. The SMILES string of the molecule is CNC(=O)[C@H](C)N[C@@H](Cc1ccc(-c2cccc(Cl)c2)cc1)C(=O)O. The second kappa shape index (κ2) is 8.65. The van der Waals surface area contributed by atoms with Crippen LogP contribution in [0.15, 0.2) is 48.5 Å². The van der Waals surface area contributed by atoms with Crippen LogP contribution in [0.2, 0.25) is 5.02 Å². The fourth-order valence-electron chi connectivity index (χ4n) is 2.55. The molecule has 0 aliphatic heterocycles. The molecule has 2 aromatic rings. The summed E-state index contributed by atoms with van der Waals surface area (Å²) in [5, 5.41) is 15.4. The summed E-state index contributed by atoms with van der Waals surface area (Å²) in [6.07, 6.45) is 0.284. The first-order chi connectivity index (χ1) is 11.9. The number of carboxylic acid groups (broad SMARTS) is 1. The van der Waals surface area contributed by atoms with E-state index < -0.39 is 18.1 Å². The Balaban J connectivity index is 2.10. The number of halogens is 1. The third kappa shape index (κ3) is 5.31. The lowest BCUT2D eigenvalue weighted by molar-refractivity contribution is -0.139. The van der Waals surface area contributed by atoms with Gasteiger partial charge in [-0.15, -0.1) is 0 Å². The largest absolute Gasteiger partial charge is 0.480 e. The molecular weight excluding hydrogens is 340 g/mol. The van der Waals surface area contributed by atoms with Crippen molar-refractivity contribution in [3.05, 3.63) is 59.1 Å². The third-order valence-corrected chi connectivity index (χ3v) is 4.18.